The first-order chi connectivity index (χ1) is 21.9. The highest BCUT2D eigenvalue weighted by Gasteiger charge is 2.34. The van der Waals surface area contributed by atoms with Gasteiger partial charge in [0.25, 0.3) is 0 Å². The predicted molar refractivity (Wildman–Crippen MR) is 182 cm³/mol. The van der Waals surface area contributed by atoms with Crippen molar-refractivity contribution < 1.29 is 33.3 Å². The van der Waals surface area contributed by atoms with E-state index in [0.717, 1.165) is 44.5 Å². The SMILES string of the molecule is COCCCOc1cc(C[C@@H](C[C@H](N)[C@H](C[C@H](C(=O)NCC2CCOCC2)C(C)C)OC(=O)[C@@H](N)C(C)C)C(C)C)ccc1OC. The zero-order chi connectivity index (χ0) is 34.2. The van der Waals surface area contributed by atoms with Crippen molar-refractivity contribution in [3.8, 4) is 11.5 Å². The molecule has 1 fully saturated rings. The average molecular weight is 650 g/mol. The third-order valence-corrected chi connectivity index (χ3v) is 9.26. The summed E-state index contributed by atoms with van der Waals surface area (Å²) in [6.45, 7) is 15.4. The number of hydrogen-bond acceptors (Lipinski definition) is 9. The minimum atomic E-state index is -0.767. The second-order valence-corrected chi connectivity index (χ2v) is 13.9. The number of ether oxygens (including phenoxy) is 5. The molecule has 0 bridgehead atoms. The highest BCUT2D eigenvalue weighted by atomic mass is 16.5. The van der Waals surface area contributed by atoms with Crippen molar-refractivity contribution in [1.82, 2.24) is 5.32 Å². The molecule has 1 aliphatic heterocycles. The molecule has 1 aromatic rings. The molecule has 10 nitrogen and oxygen atoms in total. The van der Waals surface area contributed by atoms with Crippen LogP contribution >= 0.6 is 0 Å². The van der Waals surface area contributed by atoms with Gasteiger partial charge in [0.2, 0.25) is 5.91 Å². The van der Waals surface area contributed by atoms with E-state index >= 15 is 0 Å². The van der Waals surface area contributed by atoms with E-state index < -0.39 is 24.2 Å². The van der Waals surface area contributed by atoms with Gasteiger partial charge in [-0.05, 0) is 79.4 Å². The first-order valence-corrected chi connectivity index (χ1v) is 17.2. The number of nitrogens with one attached hydrogen (secondary N) is 1. The van der Waals surface area contributed by atoms with Gasteiger partial charge in [-0.2, -0.15) is 0 Å². The summed E-state index contributed by atoms with van der Waals surface area (Å²) in [5, 5.41) is 3.17. The van der Waals surface area contributed by atoms with Crippen LogP contribution in [0.4, 0.5) is 0 Å². The van der Waals surface area contributed by atoms with E-state index in [2.05, 4.69) is 25.2 Å². The summed E-state index contributed by atoms with van der Waals surface area (Å²) in [5.41, 5.74) is 14.2. The van der Waals surface area contributed by atoms with Crippen molar-refractivity contribution in [2.24, 2.45) is 47.0 Å². The predicted octanol–water partition coefficient (Wildman–Crippen LogP) is 4.74. The number of methoxy groups -OCH3 is 2. The Morgan fingerprint density at radius 3 is 2.22 bits per heavy atom. The van der Waals surface area contributed by atoms with Gasteiger partial charge in [0.15, 0.2) is 11.5 Å². The van der Waals surface area contributed by atoms with Crippen molar-refractivity contribution in [3.05, 3.63) is 23.8 Å². The number of amides is 1. The van der Waals surface area contributed by atoms with E-state index in [4.69, 9.17) is 35.2 Å². The highest BCUT2D eigenvalue weighted by Crippen LogP contribution is 2.32. The minimum absolute atomic E-state index is 0.0282. The topological polar surface area (TPSA) is 144 Å². The summed E-state index contributed by atoms with van der Waals surface area (Å²) in [7, 11) is 3.31. The molecule has 10 heteroatoms. The number of carbonyl (C=O) groups is 2. The van der Waals surface area contributed by atoms with E-state index in [1.807, 2.05) is 39.8 Å². The largest absolute Gasteiger partial charge is 0.493 e. The van der Waals surface area contributed by atoms with E-state index in [9.17, 15) is 9.59 Å². The molecule has 1 saturated heterocycles. The number of esters is 1. The molecular weight excluding hydrogens is 586 g/mol. The molecule has 0 saturated carbocycles. The maximum atomic E-state index is 13.5. The lowest BCUT2D eigenvalue weighted by atomic mass is 9.80. The van der Waals surface area contributed by atoms with Gasteiger partial charge in [-0.25, -0.2) is 0 Å². The number of carbonyl (C=O) groups excluding carboxylic acids is 2. The van der Waals surface area contributed by atoms with Crippen molar-refractivity contribution >= 4 is 11.9 Å². The maximum absolute atomic E-state index is 13.5. The average Bonchev–Trinajstić information content (AvgIpc) is 3.03. The molecule has 0 spiro atoms. The van der Waals surface area contributed by atoms with Crippen LogP contribution in [0.2, 0.25) is 0 Å². The van der Waals surface area contributed by atoms with Crippen LogP contribution in [-0.4, -0.2) is 77.3 Å². The molecule has 2 rings (SSSR count). The van der Waals surface area contributed by atoms with Crippen LogP contribution < -0.4 is 26.3 Å². The normalized spacial score (nSPS) is 17.4. The van der Waals surface area contributed by atoms with Gasteiger partial charge in [0, 0.05) is 51.9 Å². The molecule has 1 heterocycles. The molecule has 1 aliphatic rings. The summed E-state index contributed by atoms with van der Waals surface area (Å²) in [5.74, 6) is 1.35. The lowest BCUT2D eigenvalue weighted by Gasteiger charge is -2.33. The first-order valence-electron chi connectivity index (χ1n) is 17.2. The fraction of sp³-hybridized carbons (Fsp3) is 0.778. The van der Waals surface area contributed by atoms with Crippen LogP contribution in [-0.2, 0) is 30.2 Å². The van der Waals surface area contributed by atoms with E-state index in [1.54, 1.807) is 14.2 Å². The van der Waals surface area contributed by atoms with Gasteiger partial charge >= 0.3 is 5.97 Å². The zero-order valence-electron chi connectivity index (χ0n) is 29.7. The van der Waals surface area contributed by atoms with Crippen LogP contribution in [0.1, 0.15) is 79.2 Å². The van der Waals surface area contributed by atoms with Gasteiger partial charge in [-0.1, -0.05) is 47.6 Å². The van der Waals surface area contributed by atoms with Crippen molar-refractivity contribution in [1.29, 1.82) is 0 Å². The summed E-state index contributed by atoms with van der Waals surface area (Å²) >= 11 is 0. The number of benzene rings is 1. The molecule has 0 radical (unpaired) electrons. The fourth-order valence-corrected chi connectivity index (χ4v) is 5.81. The molecular formula is C36H63N3O7. The van der Waals surface area contributed by atoms with Crippen molar-refractivity contribution in [3.63, 3.8) is 0 Å². The monoisotopic (exact) mass is 649 g/mol. The third-order valence-electron chi connectivity index (χ3n) is 9.26. The highest BCUT2D eigenvalue weighted by molar-refractivity contribution is 5.79. The van der Waals surface area contributed by atoms with Gasteiger partial charge in [0.1, 0.15) is 12.1 Å². The zero-order valence-corrected chi connectivity index (χ0v) is 29.7. The fourth-order valence-electron chi connectivity index (χ4n) is 5.81. The lowest BCUT2D eigenvalue weighted by molar-refractivity contribution is -0.155. The van der Waals surface area contributed by atoms with Gasteiger partial charge in [0.05, 0.1) is 13.7 Å². The van der Waals surface area contributed by atoms with Gasteiger partial charge in [-0.15, -0.1) is 0 Å². The number of hydrogen-bond donors (Lipinski definition) is 3. The van der Waals surface area contributed by atoms with Crippen LogP contribution in [0, 0.1) is 35.5 Å². The van der Waals surface area contributed by atoms with E-state index in [0.29, 0.717) is 55.9 Å². The number of nitrogens with two attached hydrogens (primary N) is 2. The van der Waals surface area contributed by atoms with Crippen LogP contribution in [0.5, 0.6) is 11.5 Å². The minimum Gasteiger partial charge on any atom is -0.493 e. The van der Waals surface area contributed by atoms with Gasteiger partial charge in [-0.3, -0.25) is 9.59 Å². The Kier molecular flexibility index (Phi) is 17.9. The molecule has 1 amide bonds. The smallest absolute Gasteiger partial charge is 0.323 e. The Bertz CT molecular complexity index is 1030. The van der Waals surface area contributed by atoms with Crippen LogP contribution in [0.3, 0.4) is 0 Å². The Labute approximate surface area is 277 Å². The van der Waals surface area contributed by atoms with Crippen molar-refractivity contribution in [2.45, 2.75) is 98.3 Å². The third kappa shape index (κ3) is 13.4. The van der Waals surface area contributed by atoms with Crippen LogP contribution in [0.15, 0.2) is 18.2 Å². The molecule has 5 N–H and O–H groups in total. The summed E-state index contributed by atoms with van der Waals surface area (Å²) in [6.07, 6.45) is 3.71. The number of rotatable bonds is 21. The van der Waals surface area contributed by atoms with Gasteiger partial charge < -0.3 is 40.5 Å². The Hall–Kier alpha value is -2.40. The molecule has 46 heavy (non-hydrogen) atoms. The Morgan fingerprint density at radius 2 is 1.63 bits per heavy atom. The standard InChI is InChI=1S/C36H63N3O7/c1-23(2)28(18-27-10-11-31(43-8)33(19-27)45-15-9-14-42-7)20-30(37)32(46-36(41)34(38)25(5)6)21-29(24(3)4)35(40)39-22-26-12-16-44-17-13-26/h10-11,19,23-26,28-30,32,34H,9,12-18,20-22,37-38H2,1-8H3,(H,39,40)/t28-,29-,30-,32-,34-/m0/s1. The molecule has 264 valence electrons. The molecule has 0 aliphatic carbocycles. The Balaban J connectivity index is 2.23. The maximum Gasteiger partial charge on any atom is 0.323 e. The summed E-state index contributed by atoms with van der Waals surface area (Å²) < 4.78 is 28.2. The van der Waals surface area contributed by atoms with Crippen molar-refractivity contribution in [2.75, 3.05) is 47.2 Å². The lowest BCUT2D eigenvalue weighted by Crippen LogP contribution is -2.48. The van der Waals surface area contributed by atoms with Crippen LogP contribution in [0.25, 0.3) is 0 Å². The molecule has 1 aromatic carbocycles. The second kappa shape index (κ2) is 20.8. The summed E-state index contributed by atoms with van der Waals surface area (Å²) in [6, 6.07) is 4.77. The molecule has 5 atom stereocenters. The second-order valence-electron chi connectivity index (χ2n) is 13.9. The molecule has 0 unspecified atom stereocenters. The molecule has 0 aromatic heterocycles. The first kappa shape index (κ1) is 39.8. The quantitative estimate of drug-likeness (QED) is 0.127. The van der Waals surface area contributed by atoms with E-state index in [1.165, 1.54) is 0 Å². The summed E-state index contributed by atoms with van der Waals surface area (Å²) in [4.78, 5) is 26.6. The van der Waals surface area contributed by atoms with E-state index in [-0.39, 0.29) is 29.6 Å². The Morgan fingerprint density at radius 1 is 0.935 bits per heavy atom.